The first-order valence-corrected chi connectivity index (χ1v) is 7.41. The van der Waals surface area contributed by atoms with Gasteiger partial charge in [0.15, 0.2) is 11.5 Å². The summed E-state index contributed by atoms with van der Waals surface area (Å²) in [5, 5.41) is 0. The van der Waals surface area contributed by atoms with E-state index >= 15 is 0 Å². The average molecular weight is 289 g/mol. The van der Waals surface area contributed by atoms with Crippen molar-refractivity contribution in [3.8, 4) is 11.5 Å². The van der Waals surface area contributed by atoms with Crippen LogP contribution in [0.5, 0.6) is 11.5 Å². The highest BCUT2D eigenvalue weighted by Crippen LogP contribution is 2.34. The molecule has 5 heteroatoms. The molecule has 112 valence electrons. The van der Waals surface area contributed by atoms with Gasteiger partial charge in [-0.05, 0) is 18.6 Å². The summed E-state index contributed by atoms with van der Waals surface area (Å²) in [5.74, 6) is 1.28. The molecule has 0 N–H and O–H groups in total. The van der Waals surface area contributed by atoms with Crippen LogP contribution >= 0.6 is 0 Å². The molecule has 5 nitrogen and oxygen atoms in total. The number of amides is 1. The molecule has 1 fully saturated rings. The zero-order chi connectivity index (χ0) is 14.8. The highest BCUT2D eigenvalue weighted by Gasteiger charge is 2.31. The Morgan fingerprint density at radius 3 is 2.95 bits per heavy atom. The fourth-order valence-corrected chi connectivity index (χ4v) is 2.86. The van der Waals surface area contributed by atoms with Crippen LogP contribution in [0.25, 0.3) is 0 Å². The number of benzene rings is 1. The number of fused-ring (bicyclic) bond motifs is 1. The largest absolute Gasteiger partial charge is 0.486 e. The molecule has 1 saturated heterocycles. The van der Waals surface area contributed by atoms with E-state index in [4.69, 9.17) is 9.47 Å². The number of para-hydroxylation sites is 1. The quantitative estimate of drug-likeness (QED) is 0.834. The van der Waals surface area contributed by atoms with E-state index in [0.29, 0.717) is 49.8 Å². The second kappa shape index (κ2) is 5.76. The molecular weight excluding hydrogens is 270 g/mol. The average Bonchev–Trinajstić information content (AvgIpc) is 2.54. The first-order valence-electron chi connectivity index (χ1n) is 7.41. The van der Waals surface area contributed by atoms with Crippen molar-refractivity contribution in [1.29, 1.82) is 0 Å². The molecule has 2 aliphatic rings. The molecular formula is C16H19NO4. The lowest BCUT2D eigenvalue weighted by Gasteiger charge is -2.32. The lowest BCUT2D eigenvalue weighted by Crippen LogP contribution is -2.44. The molecule has 1 aromatic carbocycles. The van der Waals surface area contributed by atoms with Crippen molar-refractivity contribution in [2.45, 2.75) is 19.8 Å². The summed E-state index contributed by atoms with van der Waals surface area (Å²) in [7, 11) is 0. The van der Waals surface area contributed by atoms with Gasteiger partial charge in [0.25, 0.3) is 5.91 Å². The van der Waals surface area contributed by atoms with Crippen LogP contribution in [0, 0.1) is 5.92 Å². The van der Waals surface area contributed by atoms with Crippen molar-refractivity contribution in [3.63, 3.8) is 0 Å². The van der Waals surface area contributed by atoms with Gasteiger partial charge in [-0.2, -0.15) is 0 Å². The van der Waals surface area contributed by atoms with E-state index in [1.807, 2.05) is 6.92 Å². The number of hydrogen-bond donors (Lipinski definition) is 0. The third kappa shape index (κ3) is 2.60. The lowest BCUT2D eigenvalue weighted by molar-refractivity contribution is -0.125. The number of ether oxygens (including phenoxy) is 2. The van der Waals surface area contributed by atoms with Gasteiger partial charge in [-0.15, -0.1) is 0 Å². The Morgan fingerprint density at radius 2 is 2.14 bits per heavy atom. The van der Waals surface area contributed by atoms with E-state index in [1.165, 1.54) is 0 Å². The van der Waals surface area contributed by atoms with Crippen LogP contribution < -0.4 is 9.47 Å². The van der Waals surface area contributed by atoms with Crippen LogP contribution in [0.15, 0.2) is 18.2 Å². The van der Waals surface area contributed by atoms with Gasteiger partial charge < -0.3 is 14.4 Å². The Balaban J connectivity index is 1.84. The fraction of sp³-hybridized carbons (Fsp3) is 0.500. The SMILES string of the molecule is CCC1CN(C(=O)c2cccc3c2OCCO3)CCC1=O. The second-order valence-electron chi connectivity index (χ2n) is 5.40. The maximum absolute atomic E-state index is 12.7. The van der Waals surface area contributed by atoms with Gasteiger partial charge in [-0.3, -0.25) is 9.59 Å². The summed E-state index contributed by atoms with van der Waals surface area (Å²) in [4.78, 5) is 26.3. The predicted octanol–water partition coefficient (Wildman–Crippen LogP) is 1.90. The zero-order valence-electron chi connectivity index (χ0n) is 12.1. The summed E-state index contributed by atoms with van der Waals surface area (Å²) < 4.78 is 11.1. The van der Waals surface area contributed by atoms with Gasteiger partial charge in [-0.1, -0.05) is 13.0 Å². The minimum absolute atomic E-state index is 0.0422. The molecule has 2 heterocycles. The molecule has 1 aromatic rings. The van der Waals surface area contributed by atoms with E-state index in [1.54, 1.807) is 23.1 Å². The molecule has 1 amide bonds. The minimum Gasteiger partial charge on any atom is -0.486 e. The number of nitrogens with zero attached hydrogens (tertiary/aromatic N) is 1. The number of rotatable bonds is 2. The maximum Gasteiger partial charge on any atom is 0.257 e. The molecule has 1 atom stereocenters. The van der Waals surface area contributed by atoms with Crippen LogP contribution in [-0.4, -0.2) is 42.9 Å². The van der Waals surface area contributed by atoms with Crippen molar-refractivity contribution in [2.75, 3.05) is 26.3 Å². The van der Waals surface area contributed by atoms with E-state index in [9.17, 15) is 9.59 Å². The van der Waals surface area contributed by atoms with Crippen LogP contribution in [0.2, 0.25) is 0 Å². The Labute approximate surface area is 123 Å². The van der Waals surface area contributed by atoms with E-state index in [0.717, 1.165) is 6.42 Å². The molecule has 0 spiro atoms. The standard InChI is InChI=1S/C16H19NO4/c1-2-11-10-17(7-6-13(11)18)16(19)12-4-3-5-14-15(12)21-9-8-20-14/h3-5,11H,2,6-10H2,1H3. The molecule has 0 aromatic heterocycles. The number of likely N-dealkylation sites (tertiary alicyclic amines) is 1. The molecule has 0 bridgehead atoms. The van der Waals surface area contributed by atoms with Crippen LogP contribution in [0.1, 0.15) is 30.1 Å². The molecule has 3 rings (SSSR count). The summed E-state index contributed by atoms with van der Waals surface area (Å²) in [6, 6.07) is 5.36. The number of carbonyl (C=O) groups excluding carboxylic acids is 2. The first-order chi connectivity index (χ1) is 10.2. The number of piperidine rings is 1. The number of carbonyl (C=O) groups is 2. The lowest BCUT2D eigenvalue weighted by atomic mass is 9.93. The smallest absolute Gasteiger partial charge is 0.257 e. The Kier molecular flexibility index (Phi) is 3.82. The first kappa shape index (κ1) is 13.9. The van der Waals surface area contributed by atoms with Gasteiger partial charge >= 0.3 is 0 Å². The van der Waals surface area contributed by atoms with Crippen molar-refractivity contribution < 1.29 is 19.1 Å². The number of ketones is 1. The van der Waals surface area contributed by atoms with Gasteiger partial charge in [0.1, 0.15) is 19.0 Å². The molecule has 0 aliphatic carbocycles. The van der Waals surface area contributed by atoms with Crippen molar-refractivity contribution in [1.82, 2.24) is 4.90 Å². The molecule has 2 aliphatic heterocycles. The van der Waals surface area contributed by atoms with Gasteiger partial charge in [0.05, 0.1) is 5.56 Å². The van der Waals surface area contributed by atoms with Crippen molar-refractivity contribution >= 4 is 11.7 Å². The summed E-state index contributed by atoms with van der Waals surface area (Å²) in [6.45, 7) is 3.92. The molecule has 21 heavy (non-hydrogen) atoms. The number of hydrogen-bond acceptors (Lipinski definition) is 4. The maximum atomic E-state index is 12.7. The van der Waals surface area contributed by atoms with Crippen molar-refractivity contribution in [3.05, 3.63) is 23.8 Å². The Bertz CT molecular complexity index is 569. The summed E-state index contributed by atoms with van der Waals surface area (Å²) >= 11 is 0. The van der Waals surface area contributed by atoms with E-state index in [-0.39, 0.29) is 17.6 Å². The van der Waals surface area contributed by atoms with Gasteiger partial charge in [-0.25, -0.2) is 0 Å². The Morgan fingerprint density at radius 1 is 1.33 bits per heavy atom. The predicted molar refractivity (Wildman–Crippen MR) is 76.7 cm³/mol. The third-order valence-electron chi connectivity index (χ3n) is 4.10. The number of Topliss-reactive ketones (excluding diaryl/α,β-unsaturated/α-hetero) is 1. The topological polar surface area (TPSA) is 55.8 Å². The van der Waals surface area contributed by atoms with Crippen LogP contribution in [0.3, 0.4) is 0 Å². The second-order valence-corrected chi connectivity index (χ2v) is 5.40. The Hall–Kier alpha value is -2.04. The minimum atomic E-state index is -0.0803. The highest BCUT2D eigenvalue weighted by atomic mass is 16.6. The molecule has 0 saturated carbocycles. The highest BCUT2D eigenvalue weighted by molar-refractivity contribution is 5.99. The summed E-state index contributed by atoms with van der Waals surface area (Å²) in [6.07, 6.45) is 1.21. The van der Waals surface area contributed by atoms with Gasteiger partial charge in [0.2, 0.25) is 0 Å². The van der Waals surface area contributed by atoms with Gasteiger partial charge in [0, 0.05) is 25.4 Å². The van der Waals surface area contributed by atoms with E-state index < -0.39 is 0 Å². The monoisotopic (exact) mass is 289 g/mol. The summed E-state index contributed by atoms with van der Waals surface area (Å²) in [5.41, 5.74) is 0.524. The van der Waals surface area contributed by atoms with Crippen molar-refractivity contribution in [2.24, 2.45) is 5.92 Å². The third-order valence-corrected chi connectivity index (χ3v) is 4.10. The normalized spacial score (nSPS) is 21.3. The van der Waals surface area contributed by atoms with Crippen LogP contribution in [-0.2, 0) is 4.79 Å². The zero-order valence-corrected chi connectivity index (χ0v) is 12.1. The molecule has 1 unspecified atom stereocenters. The van der Waals surface area contributed by atoms with E-state index in [2.05, 4.69) is 0 Å². The molecule has 0 radical (unpaired) electrons. The fourth-order valence-electron chi connectivity index (χ4n) is 2.86. The van der Waals surface area contributed by atoms with Crippen LogP contribution in [0.4, 0.5) is 0 Å².